The van der Waals surface area contributed by atoms with Gasteiger partial charge >= 0.3 is 6.09 Å². The Morgan fingerprint density at radius 2 is 1.88 bits per heavy atom. The summed E-state index contributed by atoms with van der Waals surface area (Å²) in [4.78, 5) is 21.8. The number of guanidine groups is 1. The molecule has 25 heavy (non-hydrogen) atoms. The Hall–Kier alpha value is -1.83. The zero-order chi connectivity index (χ0) is 18.9. The number of amides is 1. The Labute approximate surface area is 154 Å². The monoisotopic (exact) mass is 369 g/mol. The quantitative estimate of drug-likeness (QED) is 0.391. The van der Waals surface area contributed by atoms with E-state index in [9.17, 15) is 4.79 Å². The third-order valence-electron chi connectivity index (χ3n) is 3.04. The lowest BCUT2D eigenvalue weighted by Gasteiger charge is -2.19. The number of aryl methyl sites for hydroxylation is 2. The first-order valence-corrected chi connectivity index (χ1v) is 9.45. The summed E-state index contributed by atoms with van der Waals surface area (Å²) in [7, 11) is 0. The first-order chi connectivity index (χ1) is 11.7. The number of alkyl carbamates (subject to hydrolysis) is 1. The van der Waals surface area contributed by atoms with Gasteiger partial charge in [-0.3, -0.25) is 0 Å². The summed E-state index contributed by atoms with van der Waals surface area (Å²) in [5.74, 6) is 0.769. The van der Waals surface area contributed by atoms with Gasteiger partial charge in [0.15, 0.2) is 5.96 Å². The molecule has 0 aliphatic rings. The van der Waals surface area contributed by atoms with Gasteiger partial charge in [0.2, 0.25) is 0 Å². The molecular weight excluding hydrogens is 338 g/mol. The molecule has 3 N–H and O–H groups in total. The molecule has 1 aromatic heterocycles. The van der Waals surface area contributed by atoms with Gasteiger partial charge in [-0.05, 0) is 48.0 Å². The normalized spacial score (nSPS) is 12.0. The van der Waals surface area contributed by atoms with Crippen molar-refractivity contribution in [1.29, 1.82) is 0 Å². The van der Waals surface area contributed by atoms with Crippen LogP contribution in [0.2, 0.25) is 0 Å². The number of hydrogen-bond acceptors (Lipinski definition) is 5. The third-order valence-corrected chi connectivity index (χ3v) is 4.10. The predicted octanol–water partition coefficient (Wildman–Crippen LogP) is 2.73. The molecule has 1 heterocycles. The van der Waals surface area contributed by atoms with Gasteiger partial charge in [0, 0.05) is 24.5 Å². The molecule has 0 bridgehead atoms. The number of aromatic nitrogens is 1. The van der Waals surface area contributed by atoms with Crippen LogP contribution in [0.1, 0.15) is 49.7 Å². The number of thiazole rings is 1. The minimum absolute atomic E-state index is 0.385. The highest BCUT2D eigenvalue weighted by atomic mass is 32.1. The first-order valence-electron chi connectivity index (χ1n) is 8.63. The highest BCUT2D eigenvalue weighted by Crippen LogP contribution is 2.17. The molecule has 0 unspecified atom stereocenters. The highest BCUT2D eigenvalue weighted by Gasteiger charge is 2.15. The summed E-state index contributed by atoms with van der Waals surface area (Å²) in [5.41, 5.74) is 0.573. The van der Waals surface area contributed by atoms with Crippen molar-refractivity contribution in [2.75, 3.05) is 19.6 Å². The number of carbonyl (C=O) groups excluding carboxylic acids is 1. The molecule has 0 aliphatic heterocycles. The molecule has 1 rings (SSSR count). The average Bonchev–Trinajstić information content (AvgIpc) is 2.80. The Bertz CT molecular complexity index is 578. The minimum atomic E-state index is -0.472. The zero-order valence-electron chi connectivity index (χ0n) is 16.2. The average molecular weight is 370 g/mol. The summed E-state index contributed by atoms with van der Waals surface area (Å²) in [6, 6.07) is 0. The van der Waals surface area contributed by atoms with Crippen molar-refractivity contribution >= 4 is 23.4 Å². The maximum absolute atomic E-state index is 11.6. The Morgan fingerprint density at radius 1 is 1.20 bits per heavy atom. The highest BCUT2D eigenvalue weighted by molar-refractivity contribution is 7.11. The van der Waals surface area contributed by atoms with E-state index >= 15 is 0 Å². The Kier molecular flexibility index (Phi) is 8.68. The van der Waals surface area contributed by atoms with Crippen molar-refractivity contribution in [2.24, 2.45) is 4.99 Å². The summed E-state index contributed by atoms with van der Waals surface area (Å²) in [5, 5.41) is 10.3. The van der Waals surface area contributed by atoms with E-state index in [1.54, 1.807) is 11.3 Å². The summed E-state index contributed by atoms with van der Waals surface area (Å²) in [6.45, 7) is 14.3. The minimum Gasteiger partial charge on any atom is -0.444 e. The van der Waals surface area contributed by atoms with E-state index in [2.05, 4.69) is 25.9 Å². The van der Waals surface area contributed by atoms with Crippen LogP contribution in [0.5, 0.6) is 0 Å². The Balaban J connectivity index is 2.34. The van der Waals surface area contributed by atoms with E-state index in [0.717, 1.165) is 29.6 Å². The van der Waals surface area contributed by atoms with Crippen LogP contribution in [0, 0.1) is 13.8 Å². The predicted molar refractivity (Wildman–Crippen MR) is 103 cm³/mol. The van der Waals surface area contributed by atoms with Crippen LogP contribution >= 0.6 is 11.3 Å². The molecule has 8 heteroatoms. The number of aliphatic imine (C=N–C) groups is 1. The number of ether oxygens (including phenoxy) is 1. The zero-order valence-corrected chi connectivity index (χ0v) is 17.0. The Morgan fingerprint density at radius 3 is 2.44 bits per heavy atom. The molecule has 7 nitrogen and oxygen atoms in total. The lowest BCUT2D eigenvalue weighted by molar-refractivity contribution is 0.0527. The first kappa shape index (κ1) is 21.2. The second-order valence-electron chi connectivity index (χ2n) is 6.65. The number of carbonyl (C=O) groups is 1. The molecule has 0 fully saturated rings. The second-order valence-corrected chi connectivity index (χ2v) is 7.93. The lowest BCUT2D eigenvalue weighted by Crippen LogP contribution is -2.39. The molecule has 0 radical (unpaired) electrons. The number of nitrogens with zero attached hydrogens (tertiary/aromatic N) is 2. The maximum atomic E-state index is 11.6. The van der Waals surface area contributed by atoms with Crippen LogP contribution < -0.4 is 16.0 Å². The third kappa shape index (κ3) is 9.28. The number of nitrogens with one attached hydrogen (secondary N) is 3. The van der Waals surface area contributed by atoms with Gasteiger partial charge < -0.3 is 20.7 Å². The van der Waals surface area contributed by atoms with Crippen molar-refractivity contribution in [3.63, 3.8) is 0 Å². The van der Waals surface area contributed by atoms with Crippen LogP contribution in [-0.2, 0) is 11.3 Å². The van der Waals surface area contributed by atoms with Crippen LogP contribution in [0.4, 0.5) is 4.79 Å². The van der Waals surface area contributed by atoms with E-state index in [-0.39, 0.29) is 6.09 Å². The van der Waals surface area contributed by atoms with E-state index < -0.39 is 5.60 Å². The maximum Gasteiger partial charge on any atom is 0.407 e. The van der Waals surface area contributed by atoms with E-state index in [1.807, 2.05) is 41.5 Å². The molecular formula is C17H31N5O2S. The molecule has 0 aliphatic carbocycles. The smallest absolute Gasteiger partial charge is 0.407 e. The van der Waals surface area contributed by atoms with Gasteiger partial charge in [0.25, 0.3) is 0 Å². The van der Waals surface area contributed by atoms with Crippen molar-refractivity contribution in [2.45, 2.75) is 60.1 Å². The van der Waals surface area contributed by atoms with Crippen LogP contribution in [-0.4, -0.2) is 42.3 Å². The fourth-order valence-electron chi connectivity index (χ4n) is 2.01. The fourth-order valence-corrected chi connectivity index (χ4v) is 2.87. The fraction of sp³-hybridized carbons (Fsp3) is 0.706. The van der Waals surface area contributed by atoms with Crippen molar-refractivity contribution in [1.82, 2.24) is 20.9 Å². The summed E-state index contributed by atoms with van der Waals surface area (Å²) < 4.78 is 5.19. The standard InChI is InChI=1S/C17H31N5O2S/c1-7-18-15(21-11-14-12(2)22-13(3)25-14)19-9-8-10-20-16(23)24-17(4,5)6/h7-11H2,1-6H3,(H,20,23)(H2,18,19,21). The molecule has 0 saturated heterocycles. The van der Waals surface area contributed by atoms with Crippen molar-refractivity contribution < 1.29 is 9.53 Å². The number of rotatable bonds is 7. The van der Waals surface area contributed by atoms with Gasteiger partial charge in [0.05, 0.1) is 17.2 Å². The van der Waals surface area contributed by atoms with E-state index in [4.69, 9.17) is 4.74 Å². The summed E-state index contributed by atoms with van der Waals surface area (Å²) >= 11 is 1.68. The van der Waals surface area contributed by atoms with Crippen molar-refractivity contribution in [3.05, 3.63) is 15.6 Å². The van der Waals surface area contributed by atoms with Gasteiger partial charge in [-0.15, -0.1) is 11.3 Å². The second kappa shape index (κ2) is 10.2. The molecule has 142 valence electrons. The molecule has 0 atom stereocenters. The van der Waals surface area contributed by atoms with E-state index in [0.29, 0.717) is 19.6 Å². The van der Waals surface area contributed by atoms with Gasteiger partial charge in [-0.1, -0.05) is 0 Å². The molecule has 1 aromatic rings. The molecule has 0 aromatic carbocycles. The van der Waals surface area contributed by atoms with Crippen LogP contribution in [0.15, 0.2) is 4.99 Å². The number of hydrogen-bond donors (Lipinski definition) is 3. The van der Waals surface area contributed by atoms with Gasteiger partial charge in [0.1, 0.15) is 5.60 Å². The SMILES string of the molecule is CCNC(=NCc1sc(C)nc1C)NCCCNC(=O)OC(C)(C)C. The summed E-state index contributed by atoms with van der Waals surface area (Å²) in [6.07, 6.45) is 0.395. The van der Waals surface area contributed by atoms with Crippen molar-refractivity contribution in [3.8, 4) is 0 Å². The molecule has 0 saturated carbocycles. The molecule has 1 amide bonds. The van der Waals surface area contributed by atoms with Gasteiger partial charge in [-0.2, -0.15) is 0 Å². The topological polar surface area (TPSA) is 87.6 Å². The largest absolute Gasteiger partial charge is 0.444 e. The lowest BCUT2D eigenvalue weighted by atomic mass is 10.2. The van der Waals surface area contributed by atoms with Crippen LogP contribution in [0.3, 0.4) is 0 Å². The van der Waals surface area contributed by atoms with Gasteiger partial charge in [-0.25, -0.2) is 14.8 Å². The molecule has 0 spiro atoms. The van der Waals surface area contributed by atoms with E-state index in [1.165, 1.54) is 4.88 Å². The van der Waals surface area contributed by atoms with Crippen LogP contribution in [0.25, 0.3) is 0 Å².